The van der Waals surface area contributed by atoms with Crippen LogP contribution in [0.25, 0.3) is 0 Å². The average Bonchev–Trinajstić information content (AvgIpc) is 3.19. The van der Waals surface area contributed by atoms with E-state index in [1.807, 2.05) is 0 Å². The minimum atomic E-state index is 0.306. The molecular formula is C14H26O3. The highest BCUT2D eigenvalue weighted by Gasteiger charge is 2.36. The van der Waals surface area contributed by atoms with E-state index < -0.39 is 0 Å². The van der Waals surface area contributed by atoms with Gasteiger partial charge in [0.05, 0.1) is 25.9 Å². The van der Waals surface area contributed by atoms with Crippen LogP contribution in [0, 0.1) is 5.92 Å². The average molecular weight is 242 g/mol. The lowest BCUT2D eigenvalue weighted by Gasteiger charge is -2.21. The summed E-state index contributed by atoms with van der Waals surface area (Å²) in [5.74, 6) is 0.796. The maximum Gasteiger partial charge on any atom is 0.107 e. The van der Waals surface area contributed by atoms with Crippen LogP contribution in [0.4, 0.5) is 0 Å². The Kier molecular flexibility index (Phi) is 5.26. The number of hydrogen-bond donors (Lipinski definition) is 0. The van der Waals surface area contributed by atoms with Gasteiger partial charge in [0.15, 0.2) is 0 Å². The molecule has 0 bridgehead atoms. The van der Waals surface area contributed by atoms with E-state index in [-0.39, 0.29) is 0 Å². The van der Waals surface area contributed by atoms with Gasteiger partial charge >= 0.3 is 0 Å². The van der Waals surface area contributed by atoms with Gasteiger partial charge in [0, 0.05) is 0 Å². The second kappa shape index (κ2) is 6.72. The molecule has 17 heavy (non-hydrogen) atoms. The summed E-state index contributed by atoms with van der Waals surface area (Å²) >= 11 is 0. The van der Waals surface area contributed by atoms with Gasteiger partial charge in [-0.25, -0.2) is 0 Å². The third-order valence-corrected chi connectivity index (χ3v) is 3.78. The molecule has 0 radical (unpaired) electrons. The normalized spacial score (nSPS) is 30.0. The van der Waals surface area contributed by atoms with Crippen LogP contribution in [0.2, 0.25) is 0 Å². The Balaban J connectivity index is 1.69. The summed E-state index contributed by atoms with van der Waals surface area (Å²) in [6.07, 6.45) is 7.41. The van der Waals surface area contributed by atoms with Crippen LogP contribution >= 0.6 is 0 Å². The number of unbranched alkanes of at least 4 members (excludes halogenated alkanes) is 1. The molecule has 3 nitrogen and oxygen atoms in total. The molecule has 2 aliphatic rings. The Morgan fingerprint density at radius 1 is 1.24 bits per heavy atom. The lowest BCUT2D eigenvalue weighted by atomic mass is 9.92. The molecule has 0 amide bonds. The van der Waals surface area contributed by atoms with Gasteiger partial charge in [-0.1, -0.05) is 39.5 Å². The number of rotatable bonds is 10. The third kappa shape index (κ3) is 4.94. The number of hydrogen-bond acceptors (Lipinski definition) is 3. The van der Waals surface area contributed by atoms with Gasteiger partial charge in [-0.3, -0.25) is 0 Å². The van der Waals surface area contributed by atoms with E-state index in [1.54, 1.807) is 0 Å². The van der Waals surface area contributed by atoms with Crippen molar-refractivity contribution in [2.24, 2.45) is 5.92 Å². The fraction of sp³-hybridized carbons (Fsp3) is 1.00. The molecule has 4 unspecified atom stereocenters. The summed E-state index contributed by atoms with van der Waals surface area (Å²) in [7, 11) is 0. The largest absolute Gasteiger partial charge is 0.373 e. The maximum atomic E-state index is 5.95. The van der Waals surface area contributed by atoms with Crippen LogP contribution in [0.3, 0.4) is 0 Å². The summed E-state index contributed by atoms with van der Waals surface area (Å²) in [6.45, 7) is 7.07. The molecule has 0 N–H and O–H groups in total. The Morgan fingerprint density at radius 2 is 2.00 bits per heavy atom. The van der Waals surface area contributed by atoms with Crippen LogP contribution in [0.15, 0.2) is 0 Å². The van der Waals surface area contributed by atoms with Crippen LogP contribution in [-0.4, -0.2) is 38.1 Å². The summed E-state index contributed by atoms with van der Waals surface area (Å²) in [4.78, 5) is 0. The van der Waals surface area contributed by atoms with Crippen LogP contribution in [0.1, 0.15) is 46.0 Å². The lowest BCUT2D eigenvalue weighted by Crippen LogP contribution is -2.25. The van der Waals surface area contributed by atoms with E-state index in [4.69, 9.17) is 14.2 Å². The zero-order chi connectivity index (χ0) is 12.1. The molecule has 0 saturated carbocycles. The van der Waals surface area contributed by atoms with Gasteiger partial charge < -0.3 is 14.2 Å². The quantitative estimate of drug-likeness (QED) is 0.552. The van der Waals surface area contributed by atoms with Crippen molar-refractivity contribution < 1.29 is 14.2 Å². The first-order chi connectivity index (χ1) is 8.33. The predicted octanol–water partition coefficient (Wildman–Crippen LogP) is 2.78. The second-order valence-electron chi connectivity index (χ2n) is 5.35. The van der Waals surface area contributed by atoms with Crippen molar-refractivity contribution >= 4 is 0 Å². The van der Waals surface area contributed by atoms with Crippen molar-refractivity contribution in [2.75, 3.05) is 19.8 Å². The highest BCUT2D eigenvalue weighted by Crippen LogP contribution is 2.28. The van der Waals surface area contributed by atoms with Gasteiger partial charge in [-0.15, -0.1) is 0 Å². The fourth-order valence-electron chi connectivity index (χ4n) is 2.30. The molecule has 2 fully saturated rings. The molecular weight excluding hydrogens is 216 g/mol. The minimum absolute atomic E-state index is 0.306. The summed E-state index contributed by atoms with van der Waals surface area (Å²) in [5.41, 5.74) is 0. The molecule has 0 aromatic heterocycles. The van der Waals surface area contributed by atoms with Crippen molar-refractivity contribution in [1.29, 1.82) is 0 Å². The molecule has 2 aliphatic heterocycles. The van der Waals surface area contributed by atoms with E-state index in [0.29, 0.717) is 18.3 Å². The minimum Gasteiger partial charge on any atom is -0.373 e. The smallest absolute Gasteiger partial charge is 0.107 e. The molecule has 3 heteroatoms. The first kappa shape index (κ1) is 13.3. The molecule has 4 atom stereocenters. The molecule has 0 aromatic carbocycles. The third-order valence-electron chi connectivity index (χ3n) is 3.78. The summed E-state index contributed by atoms with van der Waals surface area (Å²) in [5, 5.41) is 0. The molecule has 2 rings (SSSR count). The second-order valence-corrected chi connectivity index (χ2v) is 5.35. The monoisotopic (exact) mass is 242 g/mol. The molecule has 0 aromatic rings. The highest BCUT2D eigenvalue weighted by atomic mass is 16.6. The summed E-state index contributed by atoms with van der Waals surface area (Å²) < 4.78 is 16.5. The van der Waals surface area contributed by atoms with Gasteiger partial charge in [0.25, 0.3) is 0 Å². The number of epoxide rings is 2. The molecule has 100 valence electrons. The highest BCUT2D eigenvalue weighted by molar-refractivity contribution is 4.83. The van der Waals surface area contributed by atoms with E-state index in [0.717, 1.165) is 32.2 Å². The van der Waals surface area contributed by atoms with Crippen molar-refractivity contribution in [3.05, 3.63) is 0 Å². The molecule has 2 heterocycles. The molecule has 0 aliphatic carbocycles. The molecule has 0 spiro atoms. The van der Waals surface area contributed by atoms with Crippen LogP contribution in [-0.2, 0) is 14.2 Å². The number of ether oxygens (including phenoxy) is 3. The lowest BCUT2D eigenvalue weighted by molar-refractivity contribution is 0.00829. The van der Waals surface area contributed by atoms with E-state index in [2.05, 4.69) is 13.8 Å². The Hall–Kier alpha value is -0.120. The van der Waals surface area contributed by atoms with Crippen molar-refractivity contribution in [1.82, 2.24) is 0 Å². The first-order valence-corrected chi connectivity index (χ1v) is 7.18. The fourth-order valence-corrected chi connectivity index (χ4v) is 2.30. The van der Waals surface area contributed by atoms with Gasteiger partial charge in [0.1, 0.15) is 12.2 Å². The molecule has 2 saturated heterocycles. The Labute approximate surface area is 105 Å². The van der Waals surface area contributed by atoms with E-state index >= 15 is 0 Å². The SMILES string of the molecule is CCCCC(CC)CC(OCC1CO1)C1CO1. The summed E-state index contributed by atoms with van der Waals surface area (Å²) in [6, 6.07) is 0. The Bertz CT molecular complexity index is 212. The maximum absolute atomic E-state index is 5.95. The van der Waals surface area contributed by atoms with E-state index in [9.17, 15) is 0 Å². The van der Waals surface area contributed by atoms with Gasteiger partial charge in [-0.2, -0.15) is 0 Å². The zero-order valence-corrected chi connectivity index (χ0v) is 11.2. The van der Waals surface area contributed by atoms with E-state index in [1.165, 1.54) is 25.7 Å². The van der Waals surface area contributed by atoms with Crippen molar-refractivity contribution in [3.63, 3.8) is 0 Å². The zero-order valence-electron chi connectivity index (χ0n) is 11.2. The van der Waals surface area contributed by atoms with Crippen molar-refractivity contribution in [2.45, 2.75) is 64.3 Å². The standard InChI is InChI=1S/C14H26O3/c1-3-5-6-11(4-2)7-13(14-10-17-14)16-9-12-8-15-12/h11-14H,3-10H2,1-2H3. The van der Waals surface area contributed by atoms with Crippen LogP contribution in [0.5, 0.6) is 0 Å². The van der Waals surface area contributed by atoms with Crippen molar-refractivity contribution in [3.8, 4) is 0 Å². The Morgan fingerprint density at radius 3 is 2.53 bits per heavy atom. The predicted molar refractivity (Wildman–Crippen MR) is 67.1 cm³/mol. The van der Waals surface area contributed by atoms with Gasteiger partial charge in [0.2, 0.25) is 0 Å². The topological polar surface area (TPSA) is 34.3 Å². The first-order valence-electron chi connectivity index (χ1n) is 7.18. The van der Waals surface area contributed by atoms with Crippen LogP contribution < -0.4 is 0 Å². The van der Waals surface area contributed by atoms with Gasteiger partial charge in [-0.05, 0) is 12.3 Å².